The Kier molecular flexibility index (Phi) is 4.43. The molecule has 4 nitrogen and oxygen atoms in total. The molecular formula is C14H26ClN3O. The average Bonchev–Trinajstić information content (AvgIpc) is 2.91. The fourth-order valence-corrected chi connectivity index (χ4v) is 3.83. The fraction of sp³-hybridized carbons (Fsp3) is 0.929. The summed E-state index contributed by atoms with van der Waals surface area (Å²) in [5, 5.41) is 6.48. The first-order chi connectivity index (χ1) is 8.59. The van der Waals surface area contributed by atoms with Crippen molar-refractivity contribution in [1.29, 1.82) is 0 Å². The van der Waals surface area contributed by atoms with Gasteiger partial charge < -0.3 is 15.5 Å². The van der Waals surface area contributed by atoms with E-state index < -0.39 is 0 Å². The predicted molar refractivity (Wildman–Crippen MR) is 78.6 cm³/mol. The third-order valence-corrected chi connectivity index (χ3v) is 5.18. The lowest BCUT2D eigenvalue weighted by Crippen LogP contribution is -2.45. The van der Waals surface area contributed by atoms with Gasteiger partial charge in [0.1, 0.15) is 0 Å². The Balaban J connectivity index is 0.00000133. The van der Waals surface area contributed by atoms with Crippen LogP contribution in [0.1, 0.15) is 32.6 Å². The van der Waals surface area contributed by atoms with Gasteiger partial charge in [0, 0.05) is 26.1 Å². The summed E-state index contributed by atoms with van der Waals surface area (Å²) in [6, 6.07) is 0. The molecule has 3 aliphatic rings. The first-order valence-electron chi connectivity index (χ1n) is 7.29. The Bertz CT molecular complexity index is 334. The zero-order chi connectivity index (χ0) is 12.6. The number of piperidine rings is 1. The second-order valence-corrected chi connectivity index (χ2v) is 6.97. The molecule has 0 aromatic heterocycles. The minimum Gasteiger partial charge on any atom is -0.356 e. The van der Waals surface area contributed by atoms with Crippen LogP contribution in [0.2, 0.25) is 0 Å². The van der Waals surface area contributed by atoms with Gasteiger partial charge in [-0.3, -0.25) is 4.79 Å². The van der Waals surface area contributed by atoms with Crippen LogP contribution in [0.4, 0.5) is 0 Å². The van der Waals surface area contributed by atoms with Gasteiger partial charge in [-0.15, -0.1) is 12.4 Å². The van der Waals surface area contributed by atoms with E-state index in [4.69, 9.17) is 0 Å². The molecule has 19 heavy (non-hydrogen) atoms. The second-order valence-electron chi connectivity index (χ2n) is 6.97. The quantitative estimate of drug-likeness (QED) is 0.797. The lowest BCUT2D eigenvalue weighted by molar-refractivity contribution is -0.119. The van der Waals surface area contributed by atoms with Crippen LogP contribution >= 0.6 is 12.4 Å². The number of hydrogen-bond donors (Lipinski definition) is 2. The average molecular weight is 288 g/mol. The lowest BCUT2D eigenvalue weighted by atomic mass is 9.77. The highest BCUT2D eigenvalue weighted by Gasteiger charge is 2.42. The van der Waals surface area contributed by atoms with Crippen LogP contribution in [0.15, 0.2) is 0 Å². The summed E-state index contributed by atoms with van der Waals surface area (Å²) in [6.45, 7) is 9.21. The molecular weight excluding hydrogens is 262 g/mol. The zero-order valence-corrected chi connectivity index (χ0v) is 12.7. The van der Waals surface area contributed by atoms with E-state index in [9.17, 15) is 4.79 Å². The van der Waals surface area contributed by atoms with Gasteiger partial charge in [0.05, 0.1) is 0 Å². The molecule has 3 fully saturated rings. The zero-order valence-electron chi connectivity index (χ0n) is 11.8. The minimum absolute atomic E-state index is 0. The van der Waals surface area contributed by atoms with Crippen molar-refractivity contribution in [1.82, 2.24) is 15.5 Å². The van der Waals surface area contributed by atoms with Crippen molar-refractivity contribution in [3.63, 3.8) is 0 Å². The fourth-order valence-electron chi connectivity index (χ4n) is 3.83. The summed E-state index contributed by atoms with van der Waals surface area (Å²) in [5.74, 6) is 0.260. The van der Waals surface area contributed by atoms with Crippen molar-refractivity contribution in [2.24, 2.45) is 10.8 Å². The normalized spacial score (nSPS) is 34.3. The smallest absolute Gasteiger partial charge is 0.220 e. The molecule has 3 rings (SSSR count). The van der Waals surface area contributed by atoms with Crippen molar-refractivity contribution in [3.8, 4) is 0 Å². The monoisotopic (exact) mass is 287 g/mol. The van der Waals surface area contributed by atoms with E-state index in [0.29, 0.717) is 10.8 Å². The number of carbonyl (C=O) groups excluding carboxylic acids is 1. The standard InChI is InChI=1S/C14H25N3O.ClH/c1-13(2-5-15-9-13)11-17-6-3-14(4-7-17)8-12(18)16-10-14;/h15H,2-11H2,1H3,(H,16,18);1H. The van der Waals surface area contributed by atoms with Gasteiger partial charge in [0.2, 0.25) is 5.91 Å². The first kappa shape index (κ1) is 15.1. The Labute approximate surface area is 122 Å². The van der Waals surface area contributed by atoms with Crippen LogP contribution in [-0.2, 0) is 4.79 Å². The maximum absolute atomic E-state index is 11.4. The number of nitrogens with zero attached hydrogens (tertiary/aromatic N) is 1. The van der Waals surface area contributed by atoms with Crippen LogP contribution in [-0.4, -0.2) is 50.1 Å². The molecule has 3 saturated heterocycles. The van der Waals surface area contributed by atoms with Crippen molar-refractivity contribution in [3.05, 3.63) is 0 Å². The lowest BCUT2D eigenvalue weighted by Gasteiger charge is -2.41. The molecule has 0 aromatic rings. The highest BCUT2D eigenvalue weighted by Crippen LogP contribution is 2.38. The van der Waals surface area contributed by atoms with Gasteiger partial charge in [-0.05, 0) is 49.7 Å². The van der Waals surface area contributed by atoms with Gasteiger partial charge in [-0.2, -0.15) is 0 Å². The van der Waals surface area contributed by atoms with E-state index in [-0.39, 0.29) is 18.3 Å². The van der Waals surface area contributed by atoms with E-state index in [1.54, 1.807) is 0 Å². The number of rotatable bonds is 2. The van der Waals surface area contributed by atoms with E-state index in [0.717, 1.165) is 19.5 Å². The number of halogens is 1. The number of amides is 1. The molecule has 1 amide bonds. The number of hydrogen-bond acceptors (Lipinski definition) is 3. The summed E-state index contributed by atoms with van der Waals surface area (Å²) in [6.07, 6.45) is 4.44. The van der Waals surface area contributed by atoms with Crippen molar-refractivity contribution in [2.45, 2.75) is 32.6 Å². The van der Waals surface area contributed by atoms with Gasteiger partial charge in [-0.1, -0.05) is 6.92 Å². The third-order valence-electron chi connectivity index (χ3n) is 5.18. The Hall–Kier alpha value is -0.320. The molecule has 1 spiro atoms. The molecule has 0 saturated carbocycles. The van der Waals surface area contributed by atoms with Gasteiger partial charge >= 0.3 is 0 Å². The van der Waals surface area contributed by atoms with Crippen molar-refractivity contribution < 1.29 is 4.79 Å². The molecule has 1 unspecified atom stereocenters. The topological polar surface area (TPSA) is 44.4 Å². The Morgan fingerprint density at radius 1 is 1.21 bits per heavy atom. The summed E-state index contributed by atoms with van der Waals surface area (Å²) < 4.78 is 0. The Morgan fingerprint density at radius 2 is 1.95 bits per heavy atom. The van der Waals surface area contributed by atoms with Crippen molar-refractivity contribution >= 4 is 18.3 Å². The van der Waals surface area contributed by atoms with E-state index in [1.807, 2.05) is 0 Å². The number of likely N-dealkylation sites (tertiary alicyclic amines) is 1. The van der Waals surface area contributed by atoms with E-state index >= 15 is 0 Å². The van der Waals surface area contributed by atoms with Gasteiger partial charge in [0.15, 0.2) is 0 Å². The maximum atomic E-state index is 11.4. The molecule has 0 bridgehead atoms. The van der Waals surface area contributed by atoms with Crippen LogP contribution in [0, 0.1) is 10.8 Å². The van der Waals surface area contributed by atoms with Crippen LogP contribution in [0.25, 0.3) is 0 Å². The second kappa shape index (κ2) is 5.58. The SMILES string of the molecule is CC1(CN2CCC3(CC2)CNC(=O)C3)CCNC1.Cl. The highest BCUT2D eigenvalue weighted by atomic mass is 35.5. The molecule has 0 aromatic carbocycles. The molecule has 0 aliphatic carbocycles. The van der Waals surface area contributed by atoms with Crippen LogP contribution in [0.3, 0.4) is 0 Å². The molecule has 110 valence electrons. The molecule has 0 radical (unpaired) electrons. The molecule has 5 heteroatoms. The molecule has 2 N–H and O–H groups in total. The van der Waals surface area contributed by atoms with E-state index in [1.165, 1.54) is 45.4 Å². The number of nitrogens with one attached hydrogen (secondary N) is 2. The first-order valence-corrected chi connectivity index (χ1v) is 7.29. The minimum atomic E-state index is 0. The maximum Gasteiger partial charge on any atom is 0.220 e. The molecule has 3 heterocycles. The third kappa shape index (κ3) is 3.23. The molecule has 3 aliphatic heterocycles. The predicted octanol–water partition coefficient (Wildman–Crippen LogP) is 1.01. The summed E-state index contributed by atoms with van der Waals surface area (Å²) in [7, 11) is 0. The molecule has 1 atom stereocenters. The van der Waals surface area contributed by atoms with E-state index in [2.05, 4.69) is 22.5 Å². The highest BCUT2D eigenvalue weighted by molar-refractivity contribution is 5.85. The van der Waals surface area contributed by atoms with Crippen LogP contribution in [0.5, 0.6) is 0 Å². The van der Waals surface area contributed by atoms with Crippen LogP contribution < -0.4 is 10.6 Å². The summed E-state index contributed by atoms with van der Waals surface area (Å²) >= 11 is 0. The summed E-state index contributed by atoms with van der Waals surface area (Å²) in [5.41, 5.74) is 0.761. The number of carbonyl (C=O) groups is 1. The van der Waals surface area contributed by atoms with Gasteiger partial charge in [-0.25, -0.2) is 0 Å². The summed E-state index contributed by atoms with van der Waals surface area (Å²) in [4.78, 5) is 14.0. The Morgan fingerprint density at radius 3 is 2.47 bits per heavy atom. The van der Waals surface area contributed by atoms with Gasteiger partial charge in [0.25, 0.3) is 0 Å². The van der Waals surface area contributed by atoms with Crippen molar-refractivity contribution in [2.75, 3.05) is 39.3 Å². The largest absolute Gasteiger partial charge is 0.356 e.